The molecule has 1 aromatic carbocycles. The summed E-state index contributed by atoms with van der Waals surface area (Å²) in [5, 5.41) is 12.7. The molecule has 1 aliphatic heterocycles. The minimum absolute atomic E-state index is 0.174. The highest BCUT2D eigenvalue weighted by Gasteiger charge is 2.47. The number of Topliss-reactive ketones (excluding diaryl/α,β-unsaturated/α-hetero) is 1. The molecule has 0 amide bonds. The Labute approximate surface area is 179 Å². The van der Waals surface area contributed by atoms with Crippen LogP contribution in [0.2, 0.25) is 10.0 Å². The largest absolute Gasteiger partial charge is 0.379 e. The van der Waals surface area contributed by atoms with E-state index in [1.165, 1.54) is 6.42 Å². The zero-order chi connectivity index (χ0) is 19.7. The Hall–Kier alpha value is -1.33. The summed E-state index contributed by atoms with van der Waals surface area (Å²) in [5.74, 6) is 0.517. The molecule has 1 N–H and O–H groups in total. The van der Waals surface area contributed by atoms with Crippen molar-refractivity contribution in [1.29, 1.82) is 0 Å². The zero-order valence-electron chi connectivity index (χ0n) is 15.3. The van der Waals surface area contributed by atoms with Gasteiger partial charge in [0.2, 0.25) is 0 Å². The van der Waals surface area contributed by atoms with Crippen LogP contribution in [0.4, 0.5) is 0 Å². The Morgan fingerprint density at radius 1 is 1.18 bits per heavy atom. The number of aliphatic hydroxyl groups is 1. The van der Waals surface area contributed by atoms with Gasteiger partial charge >= 0.3 is 0 Å². The van der Waals surface area contributed by atoms with Gasteiger partial charge in [0.1, 0.15) is 5.60 Å². The van der Waals surface area contributed by atoms with Gasteiger partial charge in [0.05, 0.1) is 0 Å². The molecule has 2 aliphatic rings. The standard InChI is InChI=1S/C22H21Cl2NO2S/c23-16-8-9-17(18(24)11-16)22(27)13-28-21(14-5-2-1-3-6-14)19(22)20(26)15-7-4-10-25-12-15/h4,7-12,14,27H,1-3,5-6,13H2. The maximum Gasteiger partial charge on any atom is 0.194 e. The predicted molar refractivity (Wildman–Crippen MR) is 115 cm³/mol. The molecule has 1 fully saturated rings. The molecule has 1 aliphatic carbocycles. The summed E-state index contributed by atoms with van der Waals surface area (Å²) in [6.45, 7) is 0. The van der Waals surface area contributed by atoms with Crippen molar-refractivity contribution in [1.82, 2.24) is 4.98 Å². The smallest absolute Gasteiger partial charge is 0.194 e. The number of allylic oxidation sites excluding steroid dienone is 1. The topological polar surface area (TPSA) is 50.2 Å². The van der Waals surface area contributed by atoms with Crippen LogP contribution in [0, 0.1) is 5.92 Å². The van der Waals surface area contributed by atoms with Gasteiger partial charge in [-0.15, -0.1) is 11.8 Å². The summed E-state index contributed by atoms with van der Waals surface area (Å²) in [6, 6.07) is 8.53. The van der Waals surface area contributed by atoms with Crippen molar-refractivity contribution in [3.8, 4) is 0 Å². The lowest BCUT2D eigenvalue weighted by Crippen LogP contribution is -2.33. The van der Waals surface area contributed by atoms with Gasteiger partial charge in [-0.1, -0.05) is 48.5 Å². The van der Waals surface area contributed by atoms with Crippen LogP contribution < -0.4 is 0 Å². The van der Waals surface area contributed by atoms with Crippen LogP contribution in [-0.4, -0.2) is 21.6 Å². The molecule has 6 heteroatoms. The number of ketones is 1. The molecule has 1 atom stereocenters. The number of hydrogen-bond acceptors (Lipinski definition) is 4. The van der Waals surface area contributed by atoms with Gasteiger partial charge in [0, 0.05) is 44.9 Å². The molecular formula is C22H21Cl2NO2S. The van der Waals surface area contributed by atoms with Crippen molar-refractivity contribution in [2.24, 2.45) is 5.92 Å². The highest BCUT2D eigenvalue weighted by molar-refractivity contribution is 8.03. The number of nitrogens with zero attached hydrogens (tertiary/aromatic N) is 1. The van der Waals surface area contributed by atoms with E-state index < -0.39 is 5.60 Å². The second-order valence-corrected chi connectivity index (χ2v) is 9.28. The summed E-state index contributed by atoms with van der Waals surface area (Å²) >= 11 is 14.1. The van der Waals surface area contributed by atoms with Gasteiger partial charge < -0.3 is 5.11 Å². The fraction of sp³-hybridized carbons (Fsp3) is 0.364. The first-order valence-electron chi connectivity index (χ1n) is 9.51. The van der Waals surface area contributed by atoms with Crippen molar-refractivity contribution >= 4 is 40.7 Å². The first-order chi connectivity index (χ1) is 13.5. The average Bonchev–Trinajstić information content (AvgIpc) is 3.06. The third-order valence-corrected chi connectivity index (χ3v) is 7.56. The molecule has 146 valence electrons. The minimum Gasteiger partial charge on any atom is -0.379 e. The summed E-state index contributed by atoms with van der Waals surface area (Å²) in [6.07, 6.45) is 8.84. The second kappa shape index (κ2) is 8.19. The molecule has 3 nitrogen and oxygen atoms in total. The van der Waals surface area contributed by atoms with E-state index in [1.807, 2.05) is 0 Å². The fourth-order valence-corrected chi connectivity index (χ4v) is 6.30. The van der Waals surface area contributed by atoms with Crippen molar-refractivity contribution in [2.75, 3.05) is 5.75 Å². The van der Waals surface area contributed by atoms with Gasteiger partial charge in [-0.3, -0.25) is 9.78 Å². The van der Waals surface area contributed by atoms with E-state index in [0.717, 1.165) is 30.6 Å². The Kier molecular flexibility index (Phi) is 5.84. The Morgan fingerprint density at radius 3 is 2.64 bits per heavy atom. The molecule has 1 aromatic heterocycles. The van der Waals surface area contributed by atoms with Crippen LogP contribution in [0.1, 0.15) is 48.0 Å². The number of carbonyl (C=O) groups excluding carboxylic acids is 1. The number of pyridine rings is 1. The molecule has 4 rings (SSSR count). The first kappa shape index (κ1) is 20.0. The molecule has 2 aromatic rings. The van der Waals surface area contributed by atoms with E-state index in [-0.39, 0.29) is 5.78 Å². The maximum atomic E-state index is 13.5. The summed E-state index contributed by atoms with van der Waals surface area (Å²) in [4.78, 5) is 18.6. The molecule has 1 saturated carbocycles. The van der Waals surface area contributed by atoms with Crippen LogP contribution in [-0.2, 0) is 5.60 Å². The monoisotopic (exact) mass is 433 g/mol. The highest BCUT2D eigenvalue weighted by Crippen LogP contribution is 2.52. The summed E-state index contributed by atoms with van der Waals surface area (Å²) in [7, 11) is 0. The van der Waals surface area contributed by atoms with Crippen LogP contribution in [0.25, 0.3) is 0 Å². The molecule has 0 spiro atoms. The number of rotatable bonds is 4. The highest BCUT2D eigenvalue weighted by atomic mass is 35.5. The lowest BCUT2D eigenvalue weighted by atomic mass is 9.79. The van der Waals surface area contributed by atoms with E-state index in [4.69, 9.17) is 23.2 Å². The van der Waals surface area contributed by atoms with Gasteiger partial charge in [0.15, 0.2) is 5.78 Å². The van der Waals surface area contributed by atoms with Crippen LogP contribution in [0.15, 0.2) is 53.2 Å². The number of halogens is 2. The fourth-order valence-electron chi connectivity index (χ4n) is 4.20. The first-order valence-corrected chi connectivity index (χ1v) is 11.2. The van der Waals surface area contributed by atoms with Gasteiger partial charge in [-0.2, -0.15) is 0 Å². The minimum atomic E-state index is -1.44. The predicted octanol–water partition coefficient (Wildman–Crippen LogP) is 6.04. The van der Waals surface area contributed by atoms with Gasteiger partial charge in [0.25, 0.3) is 0 Å². The van der Waals surface area contributed by atoms with Crippen molar-refractivity contribution in [2.45, 2.75) is 37.7 Å². The number of benzene rings is 1. The van der Waals surface area contributed by atoms with Crippen LogP contribution in [0.5, 0.6) is 0 Å². The van der Waals surface area contributed by atoms with Crippen LogP contribution >= 0.6 is 35.0 Å². The number of hydrogen-bond donors (Lipinski definition) is 1. The third-order valence-electron chi connectivity index (χ3n) is 5.60. The van der Waals surface area contributed by atoms with E-state index in [9.17, 15) is 9.90 Å². The molecule has 0 radical (unpaired) electrons. The molecule has 0 saturated heterocycles. The molecular weight excluding hydrogens is 413 g/mol. The summed E-state index contributed by atoms with van der Waals surface area (Å²) in [5.41, 5.74) is 0.0361. The molecule has 0 bridgehead atoms. The molecule has 2 heterocycles. The van der Waals surface area contributed by atoms with E-state index in [1.54, 1.807) is 54.5 Å². The van der Waals surface area contributed by atoms with E-state index in [0.29, 0.717) is 38.4 Å². The molecule has 1 unspecified atom stereocenters. The quantitative estimate of drug-likeness (QED) is 0.596. The lowest BCUT2D eigenvalue weighted by molar-refractivity contribution is 0.0809. The van der Waals surface area contributed by atoms with E-state index >= 15 is 0 Å². The van der Waals surface area contributed by atoms with Crippen molar-refractivity contribution in [3.63, 3.8) is 0 Å². The van der Waals surface area contributed by atoms with Gasteiger partial charge in [-0.05, 0) is 47.9 Å². The summed E-state index contributed by atoms with van der Waals surface area (Å²) < 4.78 is 0. The van der Waals surface area contributed by atoms with Crippen molar-refractivity contribution in [3.05, 3.63) is 74.4 Å². The van der Waals surface area contributed by atoms with Crippen LogP contribution in [0.3, 0.4) is 0 Å². The average molecular weight is 434 g/mol. The Morgan fingerprint density at radius 2 is 1.96 bits per heavy atom. The molecule has 28 heavy (non-hydrogen) atoms. The second-order valence-electron chi connectivity index (χ2n) is 7.42. The Balaban J connectivity index is 1.86. The van der Waals surface area contributed by atoms with E-state index in [2.05, 4.69) is 4.98 Å². The zero-order valence-corrected chi connectivity index (χ0v) is 17.7. The third kappa shape index (κ3) is 3.63. The Bertz CT molecular complexity index is 925. The number of carbonyl (C=O) groups is 1. The normalized spacial score (nSPS) is 23.2. The maximum absolute atomic E-state index is 13.5. The van der Waals surface area contributed by atoms with Gasteiger partial charge in [-0.25, -0.2) is 0 Å². The number of thioether (sulfide) groups is 1. The van der Waals surface area contributed by atoms with Crippen molar-refractivity contribution < 1.29 is 9.90 Å². The SMILES string of the molecule is O=C(C1=C(C2CCCCC2)SCC1(O)c1ccc(Cl)cc1Cl)c1cccnc1. The lowest BCUT2D eigenvalue weighted by Gasteiger charge is -2.28. The number of aromatic nitrogens is 1.